The first-order valence-electron chi connectivity index (χ1n) is 4.10. The molecule has 4 nitrogen and oxygen atoms in total. The number of hydrogen-bond donors (Lipinski definition) is 0. The predicted molar refractivity (Wildman–Crippen MR) is 55.1 cm³/mol. The summed E-state index contributed by atoms with van der Waals surface area (Å²) in [5.74, 6) is -0.226. The van der Waals surface area contributed by atoms with Crippen molar-refractivity contribution < 1.29 is 0 Å². The molecule has 0 N–H and O–H groups in total. The van der Waals surface area contributed by atoms with Crippen LogP contribution >= 0.6 is 15.9 Å². The summed E-state index contributed by atoms with van der Waals surface area (Å²) in [5, 5.41) is 13.6. The Labute approximate surface area is 89.3 Å². The van der Waals surface area contributed by atoms with Gasteiger partial charge in [0.2, 0.25) is 0 Å². The van der Waals surface area contributed by atoms with Crippen LogP contribution in [0.5, 0.6) is 0 Å². The zero-order valence-corrected chi connectivity index (χ0v) is 8.85. The summed E-state index contributed by atoms with van der Waals surface area (Å²) in [5.41, 5.74) is 1.66. The van der Waals surface area contributed by atoms with Crippen molar-refractivity contribution in [3.8, 4) is 6.07 Å². The van der Waals surface area contributed by atoms with Crippen molar-refractivity contribution in [3.63, 3.8) is 0 Å². The lowest BCUT2D eigenvalue weighted by Crippen LogP contribution is -2.03. The monoisotopic (exact) mass is 250 g/mol. The van der Waals surface area contributed by atoms with Gasteiger partial charge in [-0.1, -0.05) is 15.9 Å². The normalized spacial score (nSPS) is 12.6. The lowest BCUT2D eigenvalue weighted by molar-refractivity contribution is 0.884. The summed E-state index contributed by atoms with van der Waals surface area (Å²) in [6.07, 6.45) is 5.12. The quantitative estimate of drug-likeness (QED) is 0.764. The van der Waals surface area contributed by atoms with Gasteiger partial charge in [-0.15, -0.1) is 0 Å². The highest BCUT2D eigenvalue weighted by molar-refractivity contribution is 9.09. The molecular weight excluding hydrogens is 244 g/mol. The molecule has 0 aliphatic heterocycles. The number of nitriles is 1. The Morgan fingerprint density at radius 3 is 3.14 bits per heavy atom. The lowest BCUT2D eigenvalue weighted by atomic mass is 10.1. The van der Waals surface area contributed by atoms with Gasteiger partial charge in [-0.2, -0.15) is 10.4 Å². The molecule has 2 rings (SSSR count). The van der Waals surface area contributed by atoms with Gasteiger partial charge in [0.05, 0.1) is 23.5 Å². The van der Waals surface area contributed by atoms with E-state index in [2.05, 4.69) is 32.1 Å². The van der Waals surface area contributed by atoms with E-state index in [4.69, 9.17) is 5.26 Å². The molecule has 0 saturated carbocycles. The van der Waals surface area contributed by atoms with Gasteiger partial charge in [0.1, 0.15) is 5.92 Å². The van der Waals surface area contributed by atoms with Crippen LogP contribution in [-0.2, 0) is 0 Å². The van der Waals surface area contributed by atoms with Crippen LogP contribution in [-0.4, -0.2) is 19.9 Å². The molecule has 0 radical (unpaired) electrons. The number of alkyl halides is 1. The van der Waals surface area contributed by atoms with Crippen molar-refractivity contribution in [1.29, 1.82) is 5.26 Å². The van der Waals surface area contributed by atoms with Gasteiger partial charge in [-0.25, -0.2) is 4.52 Å². The van der Waals surface area contributed by atoms with Crippen LogP contribution in [0.2, 0.25) is 0 Å². The minimum Gasteiger partial charge on any atom is -0.256 e. The van der Waals surface area contributed by atoms with Crippen LogP contribution in [0, 0.1) is 11.3 Å². The average molecular weight is 251 g/mol. The summed E-state index contributed by atoms with van der Waals surface area (Å²) >= 11 is 3.29. The number of halogens is 1. The van der Waals surface area contributed by atoms with E-state index in [1.807, 2.05) is 6.07 Å². The fourth-order valence-electron chi connectivity index (χ4n) is 1.32. The number of fused-ring (bicyclic) bond motifs is 1. The molecule has 0 aliphatic carbocycles. The highest BCUT2D eigenvalue weighted by Crippen LogP contribution is 2.19. The Kier molecular flexibility index (Phi) is 2.46. The molecule has 2 heterocycles. The van der Waals surface area contributed by atoms with Gasteiger partial charge in [-0.05, 0) is 6.07 Å². The van der Waals surface area contributed by atoms with Gasteiger partial charge < -0.3 is 0 Å². The zero-order valence-electron chi connectivity index (χ0n) is 7.26. The number of hydrogen-bond acceptors (Lipinski definition) is 3. The van der Waals surface area contributed by atoms with E-state index in [0.717, 1.165) is 11.2 Å². The second-order valence-electron chi connectivity index (χ2n) is 2.81. The standard InChI is InChI=1S/C9H7BrN4/c10-5-7(6-11)9-8-1-2-13-14(8)4-3-12-9/h1-4,7H,5H2. The molecular formula is C9H7BrN4. The first kappa shape index (κ1) is 9.16. The van der Waals surface area contributed by atoms with Crippen LogP contribution in [0.15, 0.2) is 24.7 Å². The molecule has 0 spiro atoms. The first-order chi connectivity index (χ1) is 6.86. The third-order valence-corrected chi connectivity index (χ3v) is 2.64. The van der Waals surface area contributed by atoms with Crippen molar-refractivity contribution in [2.24, 2.45) is 0 Å². The second kappa shape index (κ2) is 3.76. The second-order valence-corrected chi connectivity index (χ2v) is 3.46. The first-order valence-corrected chi connectivity index (χ1v) is 5.23. The van der Waals surface area contributed by atoms with E-state index in [-0.39, 0.29) is 5.92 Å². The van der Waals surface area contributed by atoms with Crippen molar-refractivity contribution in [2.75, 3.05) is 5.33 Å². The predicted octanol–water partition coefficient (Wildman–Crippen LogP) is 1.73. The summed E-state index contributed by atoms with van der Waals surface area (Å²) < 4.78 is 1.72. The topological polar surface area (TPSA) is 54.0 Å². The molecule has 1 unspecified atom stereocenters. The van der Waals surface area contributed by atoms with E-state index in [9.17, 15) is 0 Å². The molecule has 2 aromatic rings. The van der Waals surface area contributed by atoms with Gasteiger partial charge in [0.15, 0.2) is 0 Å². The van der Waals surface area contributed by atoms with Gasteiger partial charge in [0.25, 0.3) is 0 Å². The fraction of sp³-hybridized carbons (Fsp3) is 0.222. The minimum atomic E-state index is -0.226. The summed E-state index contributed by atoms with van der Waals surface area (Å²) in [7, 11) is 0. The van der Waals surface area contributed by atoms with E-state index >= 15 is 0 Å². The van der Waals surface area contributed by atoms with Crippen LogP contribution < -0.4 is 0 Å². The fourth-order valence-corrected chi connectivity index (χ4v) is 1.77. The number of aromatic nitrogens is 3. The van der Waals surface area contributed by atoms with Crippen LogP contribution in [0.4, 0.5) is 0 Å². The Morgan fingerprint density at radius 2 is 2.43 bits per heavy atom. The van der Waals surface area contributed by atoms with Gasteiger partial charge in [-0.3, -0.25) is 4.98 Å². The largest absolute Gasteiger partial charge is 0.256 e. The molecule has 0 aliphatic rings. The van der Waals surface area contributed by atoms with E-state index in [1.54, 1.807) is 23.1 Å². The molecule has 0 bridgehead atoms. The number of nitrogens with zero attached hydrogens (tertiary/aromatic N) is 4. The highest BCUT2D eigenvalue weighted by Gasteiger charge is 2.14. The average Bonchev–Trinajstić information content (AvgIpc) is 2.68. The maximum Gasteiger partial charge on any atom is 0.100 e. The van der Waals surface area contributed by atoms with Crippen LogP contribution in [0.25, 0.3) is 5.52 Å². The summed E-state index contributed by atoms with van der Waals surface area (Å²) in [6.45, 7) is 0. The van der Waals surface area contributed by atoms with Crippen LogP contribution in [0.1, 0.15) is 11.6 Å². The third-order valence-electron chi connectivity index (χ3n) is 1.99. The molecule has 0 saturated heterocycles. The van der Waals surface area contributed by atoms with Crippen molar-refractivity contribution >= 4 is 21.4 Å². The lowest BCUT2D eigenvalue weighted by Gasteiger charge is -2.05. The van der Waals surface area contributed by atoms with Gasteiger partial charge >= 0.3 is 0 Å². The Bertz CT molecular complexity index is 485. The molecule has 1 atom stereocenters. The molecule has 0 aromatic carbocycles. The Morgan fingerprint density at radius 1 is 1.57 bits per heavy atom. The minimum absolute atomic E-state index is 0.226. The van der Waals surface area contributed by atoms with E-state index in [1.165, 1.54) is 0 Å². The SMILES string of the molecule is N#CC(CBr)c1nccn2nccc12. The molecule has 14 heavy (non-hydrogen) atoms. The smallest absolute Gasteiger partial charge is 0.100 e. The summed E-state index contributed by atoms with van der Waals surface area (Å²) in [4.78, 5) is 4.21. The summed E-state index contributed by atoms with van der Waals surface area (Å²) in [6, 6.07) is 4.06. The van der Waals surface area contributed by atoms with Crippen molar-refractivity contribution in [3.05, 3.63) is 30.4 Å². The molecule has 0 fully saturated rings. The maximum absolute atomic E-state index is 8.93. The van der Waals surface area contributed by atoms with Crippen LogP contribution in [0.3, 0.4) is 0 Å². The Hall–Kier alpha value is -1.41. The zero-order chi connectivity index (χ0) is 9.97. The molecule has 70 valence electrons. The molecule has 2 aromatic heterocycles. The van der Waals surface area contributed by atoms with Crippen molar-refractivity contribution in [2.45, 2.75) is 5.92 Å². The highest BCUT2D eigenvalue weighted by atomic mass is 79.9. The van der Waals surface area contributed by atoms with E-state index < -0.39 is 0 Å². The van der Waals surface area contributed by atoms with E-state index in [0.29, 0.717) is 5.33 Å². The Balaban J connectivity index is 2.62. The molecule has 0 amide bonds. The van der Waals surface area contributed by atoms with Crippen molar-refractivity contribution in [1.82, 2.24) is 14.6 Å². The third kappa shape index (κ3) is 1.38. The number of rotatable bonds is 2. The molecule has 5 heteroatoms. The van der Waals surface area contributed by atoms with Gasteiger partial charge in [0, 0.05) is 17.7 Å². The maximum atomic E-state index is 8.93.